The van der Waals surface area contributed by atoms with Gasteiger partial charge in [0.25, 0.3) is 0 Å². The van der Waals surface area contributed by atoms with Gasteiger partial charge in [-0.15, -0.1) is 24.8 Å². The second-order valence-corrected chi connectivity index (χ2v) is 4.99. The van der Waals surface area contributed by atoms with E-state index in [0.29, 0.717) is 13.0 Å². The molecule has 1 amide bonds. The van der Waals surface area contributed by atoms with Gasteiger partial charge in [-0.3, -0.25) is 9.69 Å². The molecule has 126 valence electrons. The van der Waals surface area contributed by atoms with Crippen LogP contribution in [0.4, 0.5) is 5.69 Å². The van der Waals surface area contributed by atoms with Gasteiger partial charge >= 0.3 is 0 Å². The molecule has 3 N–H and O–H groups in total. The van der Waals surface area contributed by atoms with Gasteiger partial charge in [0, 0.05) is 31.7 Å². The van der Waals surface area contributed by atoms with Crippen LogP contribution in [0.1, 0.15) is 18.4 Å². The van der Waals surface area contributed by atoms with Gasteiger partial charge in [-0.05, 0) is 24.6 Å². The van der Waals surface area contributed by atoms with E-state index in [1.165, 1.54) is 0 Å². The number of para-hydroxylation sites is 1. The summed E-state index contributed by atoms with van der Waals surface area (Å²) in [6, 6.07) is 7.97. The summed E-state index contributed by atoms with van der Waals surface area (Å²) < 4.78 is 5.35. The molecule has 0 radical (unpaired) electrons. The van der Waals surface area contributed by atoms with E-state index in [1.807, 2.05) is 18.2 Å². The number of benzene rings is 1. The molecule has 1 aliphatic rings. The van der Waals surface area contributed by atoms with Crippen LogP contribution in [0.5, 0.6) is 0 Å². The molecular formula is C15H25Cl2N3O2. The number of anilines is 1. The largest absolute Gasteiger partial charge is 0.379 e. The lowest BCUT2D eigenvalue weighted by Crippen LogP contribution is -2.35. The highest BCUT2D eigenvalue weighted by atomic mass is 35.5. The van der Waals surface area contributed by atoms with Crippen molar-refractivity contribution in [3.05, 3.63) is 29.8 Å². The summed E-state index contributed by atoms with van der Waals surface area (Å²) in [5, 5.41) is 2.98. The van der Waals surface area contributed by atoms with Crippen molar-refractivity contribution in [1.82, 2.24) is 4.90 Å². The molecule has 0 spiro atoms. The summed E-state index contributed by atoms with van der Waals surface area (Å²) in [6.07, 6.45) is 1.19. The molecule has 22 heavy (non-hydrogen) atoms. The van der Waals surface area contributed by atoms with Crippen molar-refractivity contribution in [2.75, 3.05) is 38.2 Å². The fourth-order valence-electron chi connectivity index (χ4n) is 2.26. The van der Waals surface area contributed by atoms with Gasteiger partial charge in [0.15, 0.2) is 0 Å². The fraction of sp³-hybridized carbons (Fsp3) is 0.533. The smallest absolute Gasteiger partial charge is 0.224 e. The van der Waals surface area contributed by atoms with Crippen LogP contribution >= 0.6 is 24.8 Å². The lowest BCUT2D eigenvalue weighted by molar-refractivity contribution is -0.116. The monoisotopic (exact) mass is 349 g/mol. The maximum Gasteiger partial charge on any atom is 0.224 e. The highest BCUT2D eigenvalue weighted by Gasteiger charge is 2.13. The third-order valence-electron chi connectivity index (χ3n) is 3.40. The van der Waals surface area contributed by atoms with Crippen molar-refractivity contribution in [2.24, 2.45) is 5.73 Å². The summed E-state index contributed by atoms with van der Waals surface area (Å²) in [7, 11) is 0. The maximum atomic E-state index is 11.8. The molecule has 0 atom stereocenters. The number of hydrogen-bond donors (Lipinski definition) is 2. The molecule has 1 saturated heterocycles. The maximum absolute atomic E-state index is 11.8. The van der Waals surface area contributed by atoms with Crippen LogP contribution in [0.3, 0.4) is 0 Å². The Morgan fingerprint density at radius 3 is 2.59 bits per heavy atom. The first kappa shape index (κ1) is 21.1. The molecule has 0 unspecified atom stereocenters. The van der Waals surface area contributed by atoms with Crippen LogP contribution < -0.4 is 11.1 Å². The molecular weight excluding hydrogens is 325 g/mol. The first-order chi connectivity index (χ1) is 9.79. The second-order valence-electron chi connectivity index (χ2n) is 4.99. The first-order valence-electron chi connectivity index (χ1n) is 7.17. The Kier molecular flexibility index (Phi) is 11.2. The summed E-state index contributed by atoms with van der Waals surface area (Å²) in [6.45, 7) is 4.83. The molecule has 0 bridgehead atoms. The minimum Gasteiger partial charge on any atom is -0.379 e. The number of rotatable bonds is 6. The van der Waals surface area contributed by atoms with Crippen molar-refractivity contribution in [1.29, 1.82) is 0 Å². The van der Waals surface area contributed by atoms with E-state index in [-0.39, 0.29) is 30.7 Å². The molecule has 0 aromatic heterocycles. The van der Waals surface area contributed by atoms with E-state index in [2.05, 4.69) is 16.3 Å². The molecule has 1 fully saturated rings. The number of nitrogens with one attached hydrogen (secondary N) is 1. The SMILES string of the molecule is Cl.Cl.NCCCC(=O)Nc1ccccc1CN1CCOCC1. The number of ether oxygens (including phenoxy) is 1. The van der Waals surface area contributed by atoms with E-state index in [1.54, 1.807) is 0 Å². The number of halogens is 2. The van der Waals surface area contributed by atoms with E-state index in [9.17, 15) is 4.79 Å². The highest BCUT2D eigenvalue weighted by Crippen LogP contribution is 2.18. The molecule has 1 aromatic rings. The molecule has 7 heteroatoms. The number of carbonyl (C=O) groups excluding carboxylic acids is 1. The normalized spacial score (nSPS) is 14.6. The van der Waals surface area contributed by atoms with E-state index in [4.69, 9.17) is 10.5 Å². The van der Waals surface area contributed by atoms with Crippen LogP contribution in [0, 0.1) is 0 Å². The first-order valence-corrected chi connectivity index (χ1v) is 7.17. The zero-order valence-electron chi connectivity index (χ0n) is 12.6. The van der Waals surface area contributed by atoms with Crippen molar-refractivity contribution >= 4 is 36.4 Å². The Morgan fingerprint density at radius 2 is 1.91 bits per heavy atom. The Morgan fingerprint density at radius 1 is 1.23 bits per heavy atom. The van der Waals surface area contributed by atoms with Crippen molar-refractivity contribution in [2.45, 2.75) is 19.4 Å². The minimum atomic E-state index is 0. The predicted octanol–water partition coefficient (Wildman–Crippen LogP) is 2.04. The molecule has 2 rings (SSSR count). The average Bonchev–Trinajstić information content (AvgIpc) is 2.48. The van der Waals surface area contributed by atoms with Crippen LogP contribution in [0.25, 0.3) is 0 Å². The molecule has 1 aliphatic heterocycles. The quantitative estimate of drug-likeness (QED) is 0.824. The van der Waals surface area contributed by atoms with Crippen LogP contribution in [0.2, 0.25) is 0 Å². The second kappa shape index (κ2) is 11.7. The van der Waals surface area contributed by atoms with Gasteiger partial charge in [-0.25, -0.2) is 0 Å². The average molecular weight is 350 g/mol. The van der Waals surface area contributed by atoms with Gasteiger partial charge < -0.3 is 15.8 Å². The van der Waals surface area contributed by atoms with Gasteiger partial charge in [0.05, 0.1) is 13.2 Å². The van der Waals surface area contributed by atoms with Crippen LogP contribution in [-0.2, 0) is 16.1 Å². The van der Waals surface area contributed by atoms with Crippen molar-refractivity contribution < 1.29 is 9.53 Å². The number of amides is 1. The number of morpholine rings is 1. The number of nitrogens with zero attached hydrogens (tertiary/aromatic N) is 1. The van der Waals surface area contributed by atoms with Gasteiger partial charge in [0.2, 0.25) is 5.91 Å². The standard InChI is InChI=1S/C15H23N3O2.2ClH/c16-7-3-6-15(19)17-14-5-2-1-4-13(14)12-18-8-10-20-11-9-18;;/h1-2,4-5H,3,6-12,16H2,(H,17,19);2*1H. The Hall–Kier alpha value is -0.850. The van der Waals surface area contributed by atoms with Crippen molar-refractivity contribution in [3.8, 4) is 0 Å². The van der Waals surface area contributed by atoms with Gasteiger partial charge in [-0.2, -0.15) is 0 Å². The molecule has 1 aromatic carbocycles. The summed E-state index contributed by atoms with van der Waals surface area (Å²) >= 11 is 0. The summed E-state index contributed by atoms with van der Waals surface area (Å²) in [5.41, 5.74) is 7.48. The summed E-state index contributed by atoms with van der Waals surface area (Å²) in [5.74, 6) is 0.0323. The third-order valence-corrected chi connectivity index (χ3v) is 3.40. The van der Waals surface area contributed by atoms with Crippen LogP contribution in [0.15, 0.2) is 24.3 Å². The van der Waals surface area contributed by atoms with E-state index in [0.717, 1.165) is 50.5 Å². The number of nitrogens with two attached hydrogens (primary N) is 1. The number of carbonyl (C=O) groups is 1. The van der Waals surface area contributed by atoms with Crippen molar-refractivity contribution in [3.63, 3.8) is 0 Å². The number of hydrogen-bond acceptors (Lipinski definition) is 4. The molecule has 0 saturated carbocycles. The fourth-order valence-corrected chi connectivity index (χ4v) is 2.26. The lowest BCUT2D eigenvalue weighted by Gasteiger charge is -2.27. The molecule has 1 heterocycles. The van der Waals surface area contributed by atoms with E-state index < -0.39 is 0 Å². The third kappa shape index (κ3) is 6.94. The Labute approximate surface area is 144 Å². The summed E-state index contributed by atoms with van der Waals surface area (Å²) in [4.78, 5) is 14.2. The Bertz CT molecular complexity index is 441. The topological polar surface area (TPSA) is 67.6 Å². The lowest BCUT2D eigenvalue weighted by atomic mass is 10.1. The van der Waals surface area contributed by atoms with Gasteiger partial charge in [-0.1, -0.05) is 18.2 Å². The minimum absolute atomic E-state index is 0. The molecule has 0 aliphatic carbocycles. The van der Waals surface area contributed by atoms with Gasteiger partial charge in [0.1, 0.15) is 0 Å². The van der Waals surface area contributed by atoms with Crippen LogP contribution in [-0.4, -0.2) is 43.7 Å². The highest BCUT2D eigenvalue weighted by molar-refractivity contribution is 5.91. The zero-order chi connectivity index (χ0) is 14.2. The van der Waals surface area contributed by atoms with E-state index >= 15 is 0 Å². The Balaban J connectivity index is 0.00000220. The zero-order valence-corrected chi connectivity index (χ0v) is 14.3. The molecule has 5 nitrogen and oxygen atoms in total. The predicted molar refractivity (Wildman–Crippen MR) is 94.0 cm³/mol.